The molecular weight excluding hydrogens is 248 g/mol. The van der Waals surface area contributed by atoms with Crippen LogP contribution in [0.15, 0.2) is 36.4 Å². The molecule has 0 spiro atoms. The minimum atomic E-state index is 0.0267. The van der Waals surface area contributed by atoms with Crippen molar-refractivity contribution < 1.29 is 9.84 Å². The lowest BCUT2D eigenvalue weighted by Crippen LogP contribution is -2.24. The van der Waals surface area contributed by atoms with Crippen molar-refractivity contribution in [2.45, 2.75) is 45.3 Å². The Morgan fingerprint density at radius 1 is 1.15 bits per heavy atom. The molecule has 0 radical (unpaired) electrons. The van der Waals surface area contributed by atoms with E-state index in [9.17, 15) is 5.11 Å². The summed E-state index contributed by atoms with van der Waals surface area (Å²) < 4.78 is 6.20. The molecule has 2 aromatic carbocycles. The van der Waals surface area contributed by atoms with Crippen molar-refractivity contribution in [3.8, 4) is 5.75 Å². The van der Waals surface area contributed by atoms with Gasteiger partial charge in [0.05, 0.1) is 12.7 Å². The lowest BCUT2D eigenvalue weighted by Gasteiger charge is -2.28. The van der Waals surface area contributed by atoms with Gasteiger partial charge < -0.3 is 9.84 Å². The molecule has 20 heavy (non-hydrogen) atoms. The second kappa shape index (κ2) is 5.84. The van der Waals surface area contributed by atoms with E-state index in [1.165, 1.54) is 12.8 Å². The molecule has 106 valence electrons. The minimum absolute atomic E-state index is 0.0267. The van der Waals surface area contributed by atoms with Crippen LogP contribution in [0.2, 0.25) is 0 Å². The third kappa shape index (κ3) is 2.66. The Morgan fingerprint density at radius 3 is 2.80 bits per heavy atom. The Labute approximate surface area is 120 Å². The number of fused-ring (bicyclic) bond motifs is 1. The molecule has 0 saturated heterocycles. The highest BCUT2D eigenvalue weighted by molar-refractivity contribution is 5.87. The first kappa shape index (κ1) is 13.4. The largest absolute Gasteiger partial charge is 0.490 e. The van der Waals surface area contributed by atoms with Gasteiger partial charge >= 0.3 is 0 Å². The average molecular weight is 270 g/mol. The maximum absolute atomic E-state index is 9.72. The predicted octanol–water partition coefficient (Wildman–Crippen LogP) is 4.29. The molecule has 0 aromatic heterocycles. The SMILES string of the molecule is CC1CCCC(Oc2ccc3ccccc3c2CO)C1. The van der Waals surface area contributed by atoms with Crippen molar-refractivity contribution in [3.05, 3.63) is 42.0 Å². The smallest absolute Gasteiger partial charge is 0.125 e. The molecule has 2 heteroatoms. The summed E-state index contributed by atoms with van der Waals surface area (Å²) in [5.41, 5.74) is 0.918. The van der Waals surface area contributed by atoms with Gasteiger partial charge in [0.2, 0.25) is 0 Å². The fourth-order valence-electron chi connectivity index (χ4n) is 3.25. The van der Waals surface area contributed by atoms with Gasteiger partial charge in [-0.2, -0.15) is 0 Å². The van der Waals surface area contributed by atoms with Crippen LogP contribution in [0.25, 0.3) is 10.8 Å². The van der Waals surface area contributed by atoms with E-state index in [4.69, 9.17) is 4.74 Å². The van der Waals surface area contributed by atoms with Crippen molar-refractivity contribution >= 4 is 10.8 Å². The first-order valence-electron chi connectivity index (χ1n) is 7.56. The number of ether oxygens (including phenoxy) is 1. The van der Waals surface area contributed by atoms with Crippen molar-refractivity contribution in [2.75, 3.05) is 0 Å². The molecular formula is C18H22O2. The first-order chi connectivity index (χ1) is 9.78. The zero-order valence-corrected chi connectivity index (χ0v) is 12.0. The summed E-state index contributed by atoms with van der Waals surface area (Å²) in [6, 6.07) is 12.2. The highest BCUT2D eigenvalue weighted by Gasteiger charge is 2.21. The summed E-state index contributed by atoms with van der Waals surface area (Å²) in [5.74, 6) is 1.59. The van der Waals surface area contributed by atoms with Gasteiger partial charge in [-0.15, -0.1) is 0 Å². The third-order valence-electron chi connectivity index (χ3n) is 4.34. The molecule has 1 aliphatic rings. The highest BCUT2D eigenvalue weighted by Crippen LogP contribution is 2.32. The molecule has 0 bridgehead atoms. The van der Waals surface area contributed by atoms with Crippen LogP contribution in [0.5, 0.6) is 5.75 Å². The van der Waals surface area contributed by atoms with Crippen molar-refractivity contribution in [2.24, 2.45) is 5.92 Å². The summed E-state index contributed by atoms with van der Waals surface area (Å²) in [6.45, 7) is 2.32. The van der Waals surface area contributed by atoms with E-state index >= 15 is 0 Å². The van der Waals surface area contributed by atoms with Crippen LogP contribution in [-0.2, 0) is 6.61 Å². The van der Waals surface area contributed by atoms with E-state index in [1.807, 2.05) is 18.2 Å². The second-order valence-corrected chi connectivity index (χ2v) is 5.93. The Balaban J connectivity index is 1.90. The molecule has 0 heterocycles. The molecule has 0 aliphatic heterocycles. The highest BCUT2D eigenvalue weighted by atomic mass is 16.5. The molecule has 2 unspecified atom stereocenters. The Morgan fingerprint density at radius 2 is 2.00 bits per heavy atom. The Hall–Kier alpha value is -1.54. The van der Waals surface area contributed by atoms with E-state index in [1.54, 1.807) is 0 Å². The lowest BCUT2D eigenvalue weighted by molar-refractivity contribution is 0.126. The van der Waals surface area contributed by atoms with Crippen molar-refractivity contribution in [1.82, 2.24) is 0 Å². The van der Waals surface area contributed by atoms with Gasteiger partial charge in [0.1, 0.15) is 5.75 Å². The molecule has 2 nitrogen and oxygen atoms in total. The molecule has 3 rings (SSSR count). The molecule has 2 aromatic rings. The topological polar surface area (TPSA) is 29.5 Å². The summed E-state index contributed by atoms with van der Waals surface area (Å²) in [4.78, 5) is 0. The van der Waals surface area contributed by atoms with Crippen LogP contribution in [-0.4, -0.2) is 11.2 Å². The molecule has 1 N–H and O–H groups in total. The van der Waals surface area contributed by atoms with Crippen LogP contribution < -0.4 is 4.74 Å². The second-order valence-electron chi connectivity index (χ2n) is 5.93. The molecule has 1 aliphatic carbocycles. The zero-order chi connectivity index (χ0) is 13.9. The normalized spacial score (nSPS) is 22.9. The van der Waals surface area contributed by atoms with Gasteiger partial charge in [-0.1, -0.05) is 43.7 Å². The lowest BCUT2D eigenvalue weighted by atomic mass is 9.88. The number of hydrogen-bond donors (Lipinski definition) is 1. The maximum Gasteiger partial charge on any atom is 0.125 e. The van der Waals surface area contributed by atoms with Crippen molar-refractivity contribution in [3.63, 3.8) is 0 Å². The number of rotatable bonds is 3. The molecule has 1 fully saturated rings. The summed E-state index contributed by atoms with van der Waals surface area (Å²) in [6.07, 6.45) is 5.10. The quantitative estimate of drug-likeness (QED) is 0.901. The number of hydrogen-bond acceptors (Lipinski definition) is 2. The number of benzene rings is 2. The van der Waals surface area contributed by atoms with Crippen LogP contribution in [0.3, 0.4) is 0 Å². The molecule has 0 amide bonds. The van der Waals surface area contributed by atoms with Gasteiger partial charge in [0, 0.05) is 5.56 Å². The summed E-state index contributed by atoms with van der Waals surface area (Å²) in [7, 11) is 0. The third-order valence-corrected chi connectivity index (χ3v) is 4.34. The monoisotopic (exact) mass is 270 g/mol. The average Bonchev–Trinajstić information content (AvgIpc) is 2.47. The zero-order valence-electron chi connectivity index (χ0n) is 12.0. The summed E-state index contributed by atoms with van der Waals surface area (Å²) in [5, 5.41) is 12.0. The van der Waals surface area contributed by atoms with E-state index in [0.29, 0.717) is 6.10 Å². The van der Waals surface area contributed by atoms with E-state index in [2.05, 4.69) is 25.1 Å². The van der Waals surface area contributed by atoms with Gasteiger partial charge in [-0.05, 0) is 42.0 Å². The fourth-order valence-corrected chi connectivity index (χ4v) is 3.25. The van der Waals surface area contributed by atoms with Crippen LogP contribution >= 0.6 is 0 Å². The summed E-state index contributed by atoms with van der Waals surface area (Å²) >= 11 is 0. The Kier molecular flexibility index (Phi) is 3.93. The molecule has 2 atom stereocenters. The molecule has 1 saturated carbocycles. The minimum Gasteiger partial charge on any atom is -0.490 e. The van der Waals surface area contributed by atoms with E-state index in [-0.39, 0.29) is 6.61 Å². The predicted molar refractivity (Wildman–Crippen MR) is 81.9 cm³/mol. The van der Waals surface area contributed by atoms with E-state index < -0.39 is 0 Å². The van der Waals surface area contributed by atoms with Crippen LogP contribution in [0.1, 0.15) is 38.2 Å². The van der Waals surface area contributed by atoms with Gasteiger partial charge in [-0.25, -0.2) is 0 Å². The number of aliphatic hydroxyl groups excluding tert-OH is 1. The van der Waals surface area contributed by atoms with Crippen LogP contribution in [0.4, 0.5) is 0 Å². The fraction of sp³-hybridized carbons (Fsp3) is 0.444. The maximum atomic E-state index is 9.72. The van der Waals surface area contributed by atoms with Crippen molar-refractivity contribution in [1.29, 1.82) is 0 Å². The van der Waals surface area contributed by atoms with Gasteiger partial charge in [-0.3, -0.25) is 0 Å². The number of aliphatic hydroxyl groups is 1. The standard InChI is InChI=1S/C18H22O2/c1-13-5-4-7-15(11-13)20-18-10-9-14-6-2-3-8-16(14)17(18)12-19/h2-3,6,8-10,13,15,19H,4-5,7,11-12H2,1H3. The van der Waals surface area contributed by atoms with Crippen LogP contribution in [0, 0.1) is 5.92 Å². The Bertz CT molecular complexity index is 591. The first-order valence-corrected chi connectivity index (χ1v) is 7.56. The van der Waals surface area contributed by atoms with E-state index in [0.717, 1.165) is 40.8 Å². The van der Waals surface area contributed by atoms with Gasteiger partial charge in [0.15, 0.2) is 0 Å². The van der Waals surface area contributed by atoms with Gasteiger partial charge in [0.25, 0.3) is 0 Å².